The van der Waals surface area contributed by atoms with E-state index in [9.17, 15) is 9.18 Å². The van der Waals surface area contributed by atoms with E-state index in [-0.39, 0.29) is 5.56 Å². The molecule has 0 fully saturated rings. The Bertz CT molecular complexity index is 657. The van der Waals surface area contributed by atoms with Crippen LogP contribution in [0.5, 0.6) is 0 Å². The van der Waals surface area contributed by atoms with Crippen molar-refractivity contribution < 1.29 is 13.9 Å². The Kier molecular flexibility index (Phi) is 3.98. The molecule has 0 amide bonds. The quantitative estimate of drug-likeness (QED) is 0.670. The molecule has 0 unspecified atom stereocenters. The second-order valence-corrected chi connectivity index (χ2v) is 5.82. The molecule has 2 aromatic rings. The SMILES string of the molecule is CC(C)(C)OC(=O)c1ccc(-c2ccc(N)cc2)cc1F. The number of hydrogen-bond donors (Lipinski definition) is 1. The van der Waals surface area contributed by atoms with Crippen molar-refractivity contribution in [3.8, 4) is 11.1 Å². The zero-order chi connectivity index (χ0) is 15.6. The second-order valence-electron chi connectivity index (χ2n) is 5.82. The summed E-state index contributed by atoms with van der Waals surface area (Å²) < 4.78 is 19.3. The van der Waals surface area contributed by atoms with Gasteiger partial charge < -0.3 is 10.5 Å². The third-order valence-corrected chi connectivity index (χ3v) is 2.83. The van der Waals surface area contributed by atoms with Crippen molar-refractivity contribution in [1.82, 2.24) is 0 Å². The Balaban J connectivity index is 2.29. The van der Waals surface area contributed by atoms with Crippen LogP contribution >= 0.6 is 0 Å². The molecule has 0 bridgehead atoms. The Morgan fingerprint density at radius 1 is 1.05 bits per heavy atom. The molecule has 0 spiro atoms. The lowest BCUT2D eigenvalue weighted by Crippen LogP contribution is -2.24. The number of anilines is 1. The summed E-state index contributed by atoms with van der Waals surface area (Å²) in [5.74, 6) is -1.26. The van der Waals surface area contributed by atoms with Crippen LogP contribution in [0.2, 0.25) is 0 Å². The molecular formula is C17H18FNO2. The van der Waals surface area contributed by atoms with Crippen molar-refractivity contribution in [3.05, 3.63) is 53.8 Å². The molecule has 0 saturated carbocycles. The summed E-state index contributed by atoms with van der Waals surface area (Å²) >= 11 is 0. The first-order valence-corrected chi connectivity index (χ1v) is 6.65. The van der Waals surface area contributed by atoms with Crippen LogP contribution in [-0.4, -0.2) is 11.6 Å². The molecule has 0 radical (unpaired) electrons. The molecule has 3 nitrogen and oxygen atoms in total. The molecule has 110 valence electrons. The standard InChI is InChI=1S/C17H18FNO2/c1-17(2,3)21-16(20)14-9-6-12(10-15(14)18)11-4-7-13(19)8-5-11/h4-10H,19H2,1-3H3. The maximum Gasteiger partial charge on any atom is 0.341 e. The van der Waals surface area contributed by atoms with Crippen molar-refractivity contribution in [2.75, 3.05) is 5.73 Å². The summed E-state index contributed by atoms with van der Waals surface area (Å²) in [5.41, 5.74) is 7.06. The summed E-state index contributed by atoms with van der Waals surface area (Å²) in [4.78, 5) is 11.9. The molecular weight excluding hydrogens is 269 g/mol. The number of nitrogens with two attached hydrogens (primary N) is 1. The highest BCUT2D eigenvalue weighted by Crippen LogP contribution is 2.24. The third kappa shape index (κ3) is 3.81. The van der Waals surface area contributed by atoms with Crippen molar-refractivity contribution in [1.29, 1.82) is 0 Å². The smallest absolute Gasteiger partial charge is 0.341 e. The van der Waals surface area contributed by atoms with E-state index in [2.05, 4.69) is 0 Å². The second kappa shape index (κ2) is 5.56. The van der Waals surface area contributed by atoms with Crippen LogP contribution in [0, 0.1) is 5.82 Å². The normalized spacial score (nSPS) is 11.2. The number of nitrogen functional groups attached to an aromatic ring is 1. The van der Waals surface area contributed by atoms with E-state index < -0.39 is 17.4 Å². The van der Waals surface area contributed by atoms with Gasteiger partial charge >= 0.3 is 5.97 Å². The highest BCUT2D eigenvalue weighted by Gasteiger charge is 2.20. The van der Waals surface area contributed by atoms with Gasteiger partial charge in [0.1, 0.15) is 11.4 Å². The molecule has 0 saturated heterocycles. The van der Waals surface area contributed by atoms with Crippen molar-refractivity contribution in [2.45, 2.75) is 26.4 Å². The Labute approximate surface area is 123 Å². The topological polar surface area (TPSA) is 52.3 Å². The number of carbonyl (C=O) groups excluding carboxylic acids is 1. The van der Waals surface area contributed by atoms with Crippen LogP contribution < -0.4 is 5.73 Å². The summed E-state index contributed by atoms with van der Waals surface area (Å²) in [5, 5.41) is 0. The number of esters is 1. The van der Waals surface area contributed by atoms with Crippen molar-refractivity contribution in [2.24, 2.45) is 0 Å². The van der Waals surface area contributed by atoms with Crippen molar-refractivity contribution >= 4 is 11.7 Å². The Hall–Kier alpha value is -2.36. The van der Waals surface area contributed by atoms with Gasteiger partial charge in [0.25, 0.3) is 0 Å². The molecule has 0 aromatic heterocycles. The average Bonchev–Trinajstić information content (AvgIpc) is 2.37. The highest BCUT2D eigenvalue weighted by molar-refractivity contribution is 5.90. The molecule has 2 rings (SSSR count). The fourth-order valence-corrected chi connectivity index (χ4v) is 1.87. The Morgan fingerprint density at radius 2 is 1.62 bits per heavy atom. The predicted octanol–water partition coefficient (Wildman–Crippen LogP) is 4.03. The molecule has 0 aliphatic carbocycles. The van der Waals surface area contributed by atoms with Gasteiger partial charge in [-0.3, -0.25) is 0 Å². The minimum absolute atomic E-state index is 0.0656. The van der Waals surface area contributed by atoms with Gasteiger partial charge in [-0.1, -0.05) is 18.2 Å². The molecule has 0 heterocycles. The molecule has 4 heteroatoms. The van der Waals surface area contributed by atoms with Gasteiger partial charge in [-0.2, -0.15) is 0 Å². The minimum Gasteiger partial charge on any atom is -0.456 e. The zero-order valence-corrected chi connectivity index (χ0v) is 12.3. The van der Waals surface area contributed by atoms with E-state index >= 15 is 0 Å². The fraction of sp³-hybridized carbons (Fsp3) is 0.235. The van der Waals surface area contributed by atoms with Crippen LogP contribution in [0.1, 0.15) is 31.1 Å². The number of benzene rings is 2. The first-order valence-electron chi connectivity index (χ1n) is 6.65. The fourth-order valence-electron chi connectivity index (χ4n) is 1.87. The van der Waals surface area contributed by atoms with Gasteiger partial charge in [0.15, 0.2) is 0 Å². The maximum absolute atomic E-state index is 14.1. The maximum atomic E-state index is 14.1. The van der Waals surface area contributed by atoms with Gasteiger partial charge in [0.05, 0.1) is 5.56 Å². The van der Waals surface area contributed by atoms with Crippen LogP contribution in [0.4, 0.5) is 10.1 Å². The highest BCUT2D eigenvalue weighted by atomic mass is 19.1. The average molecular weight is 287 g/mol. The number of rotatable bonds is 2. The lowest BCUT2D eigenvalue weighted by molar-refractivity contribution is 0.00648. The van der Waals surface area contributed by atoms with E-state index in [1.54, 1.807) is 51.1 Å². The summed E-state index contributed by atoms with van der Waals surface area (Å²) in [6.07, 6.45) is 0. The number of ether oxygens (including phenoxy) is 1. The molecule has 2 N–H and O–H groups in total. The van der Waals surface area contributed by atoms with Gasteiger partial charge in [-0.25, -0.2) is 9.18 Å². The van der Waals surface area contributed by atoms with Crippen LogP contribution in [0.25, 0.3) is 11.1 Å². The van der Waals surface area contributed by atoms with Gasteiger partial charge in [-0.15, -0.1) is 0 Å². The first kappa shape index (κ1) is 15.0. The Morgan fingerprint density at radius 3 is 2.14 bits per heavy atom. The van der Waals surface area contributed by atoms with Crippen LogP contribution in [0.3, 0.4) is 0 Å². The number of carbonyl (C=O) groups is 1. The van der Waals surface area contributed by atoms with E-state index in [0.29, 0.717) is 11.3 Å². The molecule has 21 heavy (non-hydrogen) atoms. The largest absolute Gasteiger partial charge is 0.456 e. The lowest BCUT2D eigenvalue weighted by Gasteiger charge is -2.19. The first-order chi connectivity index (χ1) is 9.76. The van der Waals surface area contributed by atoms with E-state index in [1.165, 1.54) is 12.1 Å². The monoisotopic (exact) mass is 287 g/mol. The van der Waals surface area contributed by atoms with E-state index in [0.717, 1.165) is 5.56 Å². The summed E-state index contributed by atoms with van der Waals surface area (Å²) in [6, 6.07) is 11.5. The minimum atomic E-state index is -0.663. The third-order valence-electron chi connectivity index (χ3n) is 2.83. The van der Waals surface area contributed by atoms with Gasteiger partial charge in [-0.05, 0) is 56.2 Å². The van der Waals surface area contributed by atoms with Gasteiger partial charge in [0, 0.05) is 5.69 Å². The van der Waals surface area contributed by atoms with E-state index in [1.807, 2.05) is 0 Å². The van der Waals surface area contributed by atoms with Gasteiger partial charge in [0.2, 0.25) is 0 Å². The van der Waals surface area contributed by atoms with Crippen molar-refractivity contribution in [3.63, 3.8) is 0 Å². The zero-order valence-electron chi connectivity index (χ0n) is 12.3. The predicted molar refractivity (Wildman–Crippen MR) is 81.4 cm³/mol. The van der Waals surface area contributed by atoms with Crippen LogP contribution in [0.15, 0.2) is 42.5 Å². The van der Waals surface area contributed by atoms with E-state index in [4.69, 9.17) is 10.5 Å². The lowest BCUT2D eigenvalue weighted by atomic mass is 10.0. The molecule has 2 aromatic carbocycles. The molecule has 0 atom stereocenters. The number of hydrogen-bond acceptors (Lipinski definition) is 3. The molecule has 0 aliphatic rings. The van der Waals surface area contributed by atoms with Crippen LogP contribution in [-0.2, 0) is 4.74 Å². The summed E-state index contributed by atoms with van der Waals surface area (Å²) in [7, 11) is 0. The number of halogens is 1. The summed E-state index contributed by atoms with van der Waals surface area (Å²) in [6.45, 7) is 5.22. The molecule has 0 aliphatic heterocycles.